The van der Waals surface area contributed by atoms with Crippen LogP contribution in [0, 0.1) is 11.3 Å². The van der Waals surface area contributed by atoms with E-state index in [1.165, 1.54) is 0 Å². The highest BCUT2D eigenvalue weighted by atomic mass is 35.5. The number of hydrazine groups is 1. The fourth-order valence-electron chi connectivity index (χ4n) is 0.887. The fraction of sp³-hybridized carbons (Fsp3) is 0.222. The predicted octanol–water partition coefficient (Wildman–Crippen LogP) is 2.82. The summed E-state index contributed by atoms with van der Waals surface area (Å²) in [7, 11) is 0. The van der Waals surface area contributed by atoms with Gasteiger partial charge in [0.05, 0.1) is 21.8 Å². The number of hydrogen-bond acceptors (Lipinski definition) is 3. The van der Waals surface area contributed by atoms with Gasteiger partial charge in [-0.1, -0.05) is 29.3 Å². The third-order valence-electron chi connectivity index (χ3n) is 1.54. The summed E-state index contributed by atoms with van der Waals surface area (Å²) in [6.45, 7) is 0.540. The van der Waals surface area contributed by atoms with Crippen LogP contribution in [-0.4, -0.2) is 6.54 Å². The minimum atomic E-state index is 0.426. The van der Waals surface area contributed by atoms with Gasteiger partial charge in [-0.3, -0.25) is 0 Å². The Morgan fingerprint density at radius 2 is 1.93 bits per heavy atom. The number of rotatable bonds is 4. The molecule has 0 atom stereocenters. The molecule has 0 aliphatic carbocycles. The Morgan fingerprint density at radius 3 is 2.50 bits per heavy atom. The molecule has 14 heavy (non-hydrogen) atoms. The summed E-state index contributed by atoms with van der Waals surface area (Å²) in [5, 5.41) is 9.39. The molecule has 0 unspecified atom stereocenters. The van der Waals surface area contributed by atoms with Gasteiger partial charge < -0.3 is 5.43 Å². The van der Waals surface area contributed by atoms with E-state index < -0.39 is 0 Å². The minimum absolute atomic E-state index is 0.426. The third kappa shape index (κ3) is 3.08. The molecule has 0 bridgehead atoms. The Hall–Kier alpha value is -0.950. The van der Waals surface area contributed by atoms with E-state index in [-0.39, 0.29) is 0 Å². The molecule has 1 aromatic rings. The lowest BCUT2D eigenvalue weighted by atomic mass is 10.3. The van der Waals surface area contributed by atoms with Crippen molar-refractivity contribution in [3.8, 4) is 6.07 Å². The summed E-state index contributed by atoms with van der Waals surface area (Å²) < 4.78 is 0. The van der Waals surface area contributed by atoms with Crippen LogP contribution in [0.2, 0.25) is 10.0 Å². The Bertz CT molecular complexity index is 326. The SMILES string of the molecule is N#CCCNNc1c(Cl)cccc1Cl. The van der Waals surface area contributed by atoms with Crippen LogP contribution in [0.1, 0.15) is 6.42 Å². The largest absolute Gasteiger partial charge is 0.319 e. The Balaban J connectivity index is 2.54. The van der Waals surface area contributed by atoms with Crippen molar-refractivity contribution in [1.29, 1.82) is 5.26 Å². The normalized spacial score (nSPS) is 9.50. The van der Waals surface area contributed by atoms with E-state index in [2.05, 4.69) is 10.9 Å². The number of hydrogen-bond donors (Lipinski definition) is 2. The molecule has 0 amide bonds. The molecular formula is C9H9Cl2N3. The second-order valence-corrected chi connectivity index (χ2v) is 3.37. The zero-order valence-corrected chi connectivity index (χ0v) is 8.86. The molecule has 1 rings (SSSR count). The molecule has 1 aromatic carbocycles. The molecule has 74 valence electrons. The number of para-hydroxylation sites is 1. The molecule has 0 saturated heterocycles. The summed E-state index contributed by atoms with van der Waals surface area (Å²) in [6, 6.07) is 7.26. The molecular weight excluding hydrogens is 221 g/mol. The number of nitrogens with zero attached hydrogens (tertiary/aromatic N) is 1. The Labute approximate surface area is 92.6 Å². The number of halogens is 2. The molecule has 0 aromatic heterocycles. The fourth-order valence-corrected chi connectivity index (χ4v) is 1.38. The van der Waals surface area contributed by atoms with E-state index in [9.17, 15) is 0 Å². The minimum Gasteiger partial charge on any atom is -0.319 e. The quantitative estimate of drug-likeness (QED) is 0.617. The van der Waals surface area contributed by atoms with E-state index in [0.29, 0.717) is 28.7 Å². The topological polar surface area (TPSA) is 47.9 Å². The van der Waals surface area contributed by atoms with Gasteiger partial charge in [-0.15, -0.1) is 0 Å². The highest BCUT2D eigenvalue weighted by Gasteiger charge is 2.02. The highest BCUT2D eigenvalue weighted by molar-refractivity contribution is 6.39. The number of benzene rings is 1. The van der Waals surface area contributed by atoms with Crippen LogP contribution >= 0.6 is 23.2 Å². The van der Waals surface area contributed by atoms with E-state index in [0.717, 1.165) is 0 Å². The van der Waals surface area contributed by atoms with E-state index in [4.69, 9.17) is 28.5 Å². The molecule has 3 nitrogen and oxygen atoms in total. The molecule has 0 radical (unpaired) electrons. The maximum atomic E-state index is 8.30. The van der Waals surface area contributed by atoms with E-state index in [1.54, 1.807) is 18.2 Å². The van der Waals surface area contributed by atoms with Crippen molar-refractivity contribution < 1.29 is 0 Å². The van der Waals surface area contributed by atoms with Gasteiger partial charge in [-0.05, 0) is 12.1 Å². The van der Waals surface area contributed by atoms with Crippen LogP contribution < -0.4 is 10.9 Å². The van der Waals surface area contributed by atoms with Crippen LogP contribution in [0.15, 0.2) is 18.2 Å². The Morgan fingerprint density at radius 1 is 1.29 bits per heavy atom. The third-order valence-corrected chi connectivity index (χ3v) is 2.17. The van der Waals surface area contributed by atoms with Crippen LogP contribution in [0.5, 0.6) is 0 Å². The van der Waals surface area contributed by atoms with Gasteiger partial charge in [0.1, 0.15) is 0 Å². The number of nitriles is 1. The lowest BCUT2D eigenvalue weighted by Gasteiger charge is -2.09. The van der Waals surface area contributed by atoms with Gasteiger partial charge in [0, 0.05) is 13.0 Å². The maximum absolute atomic E-state index is 8.30. The molecule has 0 aliphatic heterocycles. The number of nitrogens with one attached hydrogen (secondary N) is 2. The van der Waals surface area contributed by atoms with Gasteiger partial charge in [0.15, 0.2) is 0 Å². The van der Waals surface area contributed by atoms with Crippen LogP contribution in [0.3, 0.4) is 0 Å². The second-order valence-electron chi connectivity index (χ2n) is 2.56. The molecule has 0 fully saturated rings. The summed E-state index contributed by atoms with van der Waals surface area (Å²) in [6.07, 6.45) is 0.426. The van der Waals surface area contributed by atoms with Crippen LogP contribution in [-0.2, 0) is 0 Å². The van der Waals surface area contributed by atoms with Gasteiger partial charge in [0.2, 0.25) is 0 Å². The molecule has 0 heterocycles. The first kappa shape index (κ1) is 11.1. The summed E-state index contributed by atoms with van der Waals surface area (Å²) in [5.74, 6) is 0. The van der Waals surface area contributed by atoms with Crippen molar-refractivity contribution in [3.63, 3.8) is 0 Å². The summed E-state index contributed by atoms with van der Waals surface area (Å²) >= 11 is 11.8. The van der Waals surface area contributed by atoms with Crippen molar-refractivity contribution in [2.45, 2.75) is 6.42 Å². The van der Waals surface area contributed by atoms with E-state index in [1.807, 2.05) is 6.07 Å². The van der Waals surface area contributed by atoms with Gasteiger partial charge in [-0.2, -0.15) is 5.26 Å². The van der Waals surface area contributed by atoms with Crippen molar-refractivity contribution in [2.75, 3.05) is 12.0 Å². The maximum Gasteiger partial charge on any atom is 0.0862 e. The summed E-state index contributed by atoms with van der Waals surface area (Å²) in [4.78, 5) is 0. The lowest BCUT2D eigenvalue weighted by molar-refractivity contribution is 0.799. The highest BCUT2D eigenvalue weighted by Crippen LogP contribution is 2.28. The molecule has 0 saturated carbocycles. The van der Waals surface area contributed by atoms with Gasteiger partial charge >= 0.3 is 0 Å². The average molecular weight is 230 g/mol. The standard InChI is InChI=1S/C9H9Cl2N3/c10-7-3-1-4-8(11)9(7)14-13-6-2-5-12/h1,3-4,13-14H,2,6H2. The van der Waals surface area contributed by atoms with Crippen molar-refractivity contribution in [2.24, 2.45) is 0 Å². The first-order valence-electron chi connectivity index (χ1n) is 4.05. The first-order valence-corrected chi connectivity index (χ1v) is 4.81. The molecule has 0 aliphatic rings. The molecule has 0 spiro atoms. The zero-order chi connectivity index (χ0) is 10.4. The second kappa shape index (κ2) is 5.71. The molecule has 5 heteroatoms. The van der Waals surface area contributed by atoms with Crippen LogP contribution in [0.25, 0.3) is 0 Å². The lowest BCUT2D eigenvalue weighted by Crippen LogP contribution is -2.22. The van der Waals surface area contributed by atoms with Crippen molar-refractivity contribution >= 4 is 28.9 Å². The predicted molar refractivity (Wildman–Crippen MR) is 58.3 cm³/mol. The first-order chi connectivity index (χ1) is 6.75. The van der Waals surface area contributed by atoms with E-state index >= 15 is 0 Å². The van der Waals surface area contributed by atoms with Gasteiger partial charge in [-0.25, -0.2) is 5.43 Å². The number of anilines is 1. The zero-order valence-electron chi connectivity index (χ0n) is 7.35. The van der Waals surface area contributed by atoms with Gasteiger partial charge in [0.25, 0.3) is 0 Å². The van der Waals surface area contributed by atoms with Crippen molar-refractivity contribution in [3.05, 3.63) is 28.2 Å². The summed E-state index contributed by atoms with van der Waals surface area (Å²) in [5.41, 5.74) is 6.33. The van der Waals surface area contributed by atoms with Crippen LogP contribution in [0.4, 0.5) is 5.69 Å². The average Bonchev–Trinajstić information content (AvgIpc) is 2.16. The van der Waals surface area contributed by atoms with Crippen molar-refractivity contribution in [1.82, 2.24) is 5.43 Å². The smallest absolute Gasteiger partial charge is 0.0862 e. The Kier molecular flexibility index (Phi) is 4.54. The monoisotopic (exact) mass is 229 g/mol. The molecule has 2 N–H and O–H groups in total.